The van der Waals surface area contributed by atoms with E-state index < -0.39 is 5.82 Å². The van der Waals surface area contributed by atoms with Crippen LogP contribution in [0.3, 0.4) is 0 Å². The van der Waals surface area contributed by atoms with Gasteiger partial charge in [0.05, 0.1) is 16.7 Å². The second kappa shape index (κ2) is 6.05. The van der Waals surface area contributed by atoms with Crippen molar-refractivity contribution in [3.63, 3.8) is 0 Å². The molecule has 96 valence electrons. The molecule has 0 atom stereocenters. The predicted octanol–water partition coefficient (Wildman–Crippen LogP) is 4.69. The fourth-order valence-electron chi connectivity index (χ4n) is 1.54. The van der Waals surface area contributed by atoms with E-state index in [0.29, 0.717) is 21.9 Å². The van der Waals surface area contributed by atoms with Gasteiger partial charge in [0.2, 0.25) is 0 Å². The predicted molar refractivity (Wildman–Crippen MR) is 74.6 cm³/mol. The number of rotatable bonds is 3. The van der Waals surface area contributed by atoms with Crippen LogP contribution in [-0.4, -0.2) is 0 Å². The number of hydrogen-bond acceptors (Lipinski definition) is 2. The summed E-state index contributed by atoms with van der Waals surface area (Å²) in [6, 6.07) is 11.1. The Labute approximate surface area is 123 Å². The smallest absolute Gasteiger partial charge is 0.138 e. The third kappa shape index (κ3) is 3.46. The van der Waals surface area contributed by atoms with Crippen LogP contribution < -0.4 is 4.74 Å². The first-order valence-corrected chi connectivity index (χ1v) is 6.53. The van der Waals surface area contributed by atoms with Crippen molar-refractivity contribution >= 4 is 27.5 Å². The molecule has 0 radical (unpaired) electrons. The Morgan fingerprint density at radius 2 is 2.05 bits per heavy atom. The highest BCUT2D eigenvalue weighted by Gasteiger charge is 2.07. The lowest BCUT2D eigenvalue weighted by molar-refractivity contribution is 0.305. The monoisotopic (exact) mass is 339 g/mol. The Kier molecular flexibility index (Phi) is 4.41. The van der Waals surface area contributed by atoms with Gasteiger partial charge >= 0.3 is 0 Å². The molecule has 0 unspecified atom stereocenters. The molecule has 0 saturated heterocycles. The molecule has 0 spiro atoms. The summed E-state index contributed by atoms with van der Waals surface area (Å²) in [7, 11) is 0. The van der Waals surface area contributed by atoms with E-state index in [2.05, 4.69) is 15.9 Å². The molecule has 0 saturated carbocycles. The van der Waals surface area contributed by atoms with Crippen molar-refractivity contribution in [3.05, 3.63) is 62.8 Å². The van der Waals surface area contributed by atoms with Crippen LogP contribution in [0.5, 0.6) is 5.75 Å². The number of nitrogens with zero attached hydrogens (tertiary/aromatic N) is 1. The van der Waals surface area contributed by atoms with E-state index in [1.165, 1.54) is 18.2 Å². The van der Waals surface area contributed by atoms with E-state index in [1.807, 2.05) is 6.07 Å². The lowest BCUT2D eigenvalue weighted by atomic mass is 10.1. The average molecular weight is 341 g/mol. The molecule has 2 aromatic rings. The highest BCUT2D eigenvalue weighted by Crippen LogP contribution is 2.28. The largest absolute Gasteiger partial charge is 0.487 e. The molecule has 2 rings (SSSR count). The SMILES string of the molecule is N#Cc1ccc(F)cc1COc1ccc(Br)cc1Cl. The van der Waals surface area contributed by atoms with Gasteiger partial charge in [-0.3, -0.25) is 0 Å². The van der Waals surface area contributed by atoms with Gasteiger partial charge in [-0.1, -0.05) is 27.5 Å². The van der Waals surface area contributed by atoms with Crippen molar-refractivity contribution < 1.29 is 9.13 Å². The van der Waals surface area contributed by atoms with Crippen LogP contribution in [0.15, 0.2) is 40.9 Å². The van der Waals surface area contributed by atoms with E-state index in [-0.39, 0.29) is 6.61 Å². The third-order valence-electron chi connectivity index (χ3n) is 2.46. The molecular formula is C14H8BrClFNO. The third-order valence-corrected chi connectivity index (χ3v) is 3.25. The first kappa shape index (κ1) is 13.9. The molecule has 0 aliphatic carbocycles. The Bertz CT molecular complexity index is 654. The van der Waals surface area contributed by atoms with E-state index >= 15 is 0 Å². The van der Waals surface area contributed by atoms with Gasteiger partial charge in [0.1, 0.15) is 18.2 Å². The standard InChI is InChI=1S/C14H8BrClFNO/c15-11-2-4-14(13(16)6-11)19-8-10-5-12(17)3-1-9(10)7-18/h1-6H,8H2. The zero-order valence-electron chi connectivity index (χ0n) is 9.66. The highest BCUT2D eigenvalue weighted by molar-refractivity contribution is 9.10. The van der Waals surface area contributed by atoms with Crippen LogP contribution in [0, 0.1) is 17.1 Å². The summed E-state index contributed by atoms with van der Waals surface area (Å²) in [6.45, 7) is 0.0853. The number of hydrogen-bond donors (Lipinski definition) is 0. The minimum absolute atomic E-state index is 0.0853. The molecule has 0 fully saturated rings. The average Bonchev–Trinajstić information content (AvgIpc) is 2.38. The van der Waals surface area contributed by atoms with Crippen molar-refractivity contribution in [1.29, 1.82) is 5.26 Å². The molecule has 0 amide bonds. The van der Waals surface area contributed by atoms with Gasteiger partial charge in [-0.05, 0) is 36.4 Å². The lowest BCUT2D eigenvalue weighted by Gasteiger charge is -2.09. The highest BCUT2D eigenvalue weighted by atomic mass is 79.9. The summed E-state index contributed by atoms with van der Waals surface area (Å²) in [6.07, 6.45) is 0. The maximum atomic E-state index is 13.1. The van der Waals surface area contributed by atoms with E-state index in [9.17, 15) is 4.39 Å². The molecule has 0 heterocycles. The van der Waals surface area contributed by atoms with Crippen molar-refractivity contribution in [1.82, 2.24) is 0 Å². The Hall–Kier alpha value is -1.57. The minimum Gasteiger partial charge on any atom is -0.487 e. The Balaban J connectivity index is 2.19. The first-order valence-electron chi connectivity index (χ1n) is 5.36. The Morgan fingerprint density at radius 3 is 2.74 bits per heavy atom. The van der Waals surface area contributed by atoms with Crippen molar-refractivity contribution in [3.8, 4) is 11.8 Å². The van der Waals surface area contributed by atoms with Gasteiger partial charge in [0.25, 0.3) is 0 Å². The zero-order chi connectivity index (χ0) is 13.8. The fourth-order valence-corrected chi connectivity index (χ4v) is 2.27. The van der Waals surface area contributed by atoms with E-state index in [4.69, 9.17) is 21.6 Å². The van der Waals surface area contributed by atoms with E-state index in [1.54, 1.807) is 18.2 Å². The zero-order valence-corrected chi connectivity index (χ0v) is 12.0. The molecule has 0 bridgehead atoms. The molecule has 0 aromatic heterocycles. The quantitative estimate of drug-likeness (QED) is 0.812. The van der Waals surface area contributed by atoms with Crippen molar-refractivity contribution in [2.24, 2.45) is 0 Å². The van der Waals surface area contributed by atoms with Gasteiger partial charge in [0, 0.05) is 10.0 Å². The maximum Gasteiger partial charge on any atom is 0.138 e. The van der Waals surface area contributed by atoms with Crippen molar-refractivity contribution in [2.75, 3.05) is 0 Å². The number of benzene rings is 2. The second-order valence-electron chi connectivity index (χ2n) is 3.78. The minimum atomic E-state index is -0.403. The van der Waals surface area contributed by atoms with Crippen LogP contribution in [0.25, 0.3) is 0 Å². The van der Waals surface area contributed by atoms with Crippen molar-refractivity contribution in [2.45, 2.75) is 6.61 Å². The first-order chi connectivity index (χ1) is 9.10. The summed E-state index contributed by atoms with van der Waals surface area (Å²) in [5, 5.41) is 9.39. The lowest BCUT2D eigenvalue weighted by Crippen LogP contribution is -1.99. The Morgan fingerprint density at radius 1 is 1.26 bits per heavy atom. The fraction of sp³-hybridized carbons (Fsp3) is 0.0714. The van der Waals surface area contributed by atoms with Gasteiger partial charge < -0.3 is 4.74 Å². The molecular weight excluding hydrogens is 333 g/mol. The second-order valence-corrected chi connectivity index (χ2v) is 5.10. The van der Waals surface area contributed by atoms with Crippen LogP contribution in [0.4, 0.5) is 4.39 Å². The summed E-state index contributed by atoms with van der Waals surface area (Å²) >= 11 is 9.30. The summed E-state index contributed by atoms with van der Waals surface area (Å²) in [4.78, 5) is 0. The summed E-state index contributed by atoms with van der Waals surface area (Å²) in [5.41, 5.74) is 0.871. The topological polar surface area (TPSA) is 33.0 Å². The molecule has 0 aliphatic heterocycles. The van der Waals surface area contributed by atoms with Gasteiger partial charge in [-0.2, -0.15) is 5.26 Å². The molecule has 2 nitrogen and oxygen atoms in total. The molecule has 0 N–H and O–H groups in total. The van der Waals surface area contributed by atoms with Crippen LogP contribution in [0.2, 0.25) is 5.02 Å². The van der Waals surface area contributed by atoms with Crippen LogP contribution in [0.1, 0.15) is 11.1 Å². The van der Waals surface area contributed by atoms with Crippen LogP contribution >= 0.6 is 27.5 Å². The maximum absolute atomic E-state index is 13.1. The number of ether oxygens (including phenoxy) is 1. The molecule has 5 heteroatoms. The van der Waals surface area contributed by atoms with Gasteiger partial charge in [-0.15, -0.1) is 0 Å². The molecule has 19 heavy (non-hydrogen) atoms. The molecule has 0 aliphatic rings. The summed E-state index contributed by atoms with van der Waals surface area (Å²) < 4.78 is 19.5. The van der Waals surface area contributed by atoms with E-state index in [0.717, 1.165) is 4.47 Å². The molecule has 2 aromatic carbocycles. The van der Waals surface area contributed by atoms with Gasteiger partial charge in [-0.25, -0.2) is 4.39 Å². The summed E-state index contributed by atoms with van der Waals surface area (Å²) in [5.74, 6) is 0.0810. The number of halogens is 3. The van der Waals surface area contributed by atoms with Crippen LogP contribution in [-0.2, 0) is 6.61 Å². The van der Waals surface area contributed by atoms with Gasteiger partial charge in [0.15, 0.2) is 0 Å². The normalized spacial score (nSPS) is 10.0. The number of nitriles is 1.